The first-order chi connectivity index (χ1) is 10.5. The molecular weight excluding hydrogens is 306 g/mol. The molecule has 0 saturated carbocycles. The summed E-state index contributed by atoms with van der Waals surface area (Å²) in [4.78, 5) is 0. The molecule has 22 heavy (non-hydrogen) atoms. The third-order valence-corrected chi connectivity index (χ3v) is 4.67. The molecule has 2 aliphatic rings. The fraction of sp³-hybridized carbons (Fsp3) is 0.643. The fourth-order valence-electron chi connectivity index (χ4n) is 2.56. The van der Waals surface area contributed by atoms with Gasteiger partial charge in [0.15, 0.2) is 0 Å². The van der Waals surface area contributed by atoms with Gasteiger partial charge in [0, 0.05) is 6.61 Å². The Labute approximate surface area is 131 Å². The van der Waals surface area contributed by atoms with Gasteiger partial charge in [-0.15, -0.1) is 4.40 Å². The lowest BCUT2D eigenvalue weighted by Crippen LogP contribution is -2.50. The van der Waals surface area contributed by atoms with E-state index in [2.05, 4.69) is 9.12 Å². The van der Waals surface area contributed by atoms with Crippen LogP contribution in [0.3, 0.4) is 0 Å². The van der Waals surface area contributed by atoms with E-state index in [1.807, 2.05) is 0 Å². The van der Waals surface area contributed by atoms with E-state index in [0.717, 1.165) is 32.1 Å². The Bertz CT molecular complexity index is 569. The molecule has 0 aromatic carbocycles. The van der Waals surface area contributed by atoms with E-state index < -0.39 is 16.3 Å². The molecule has 1 aliphatic heterocycles. The van der Waals surface area contributed by atoms with Crippen LogP contribution in [0.1, 0.15) is 32.1 Å². The van der Waals surface area contributed by atoms with Crippen LogP contribution in [0.2, 0.25) is 0 Å². The second kappa shape index (κ2) is 7.75. The van der Waals surface area contributed by atoms with Gasteiger partial charge >= 0.3 is 10.2 Å². The standard InChI is InChI=1S/C14H23N3O4S/c15-14-13-11(16-22(19,20)17-14)7-6-8-12(13)21-10-5-3-1-2-4-9-18/h6-8,11,13,16,18H,1-5,9-10H2,(H2,15,17). The summed E-state index contributed by atoms with van der Waals surface area (Å²) in [6, 6.07) is -0.438. The van der Waals surface area contributed by atoms with E-state index in [1.54, 1.807) is 18.2 Å². The number of rotatable bonds is 8. The number of amidine groups is 1. The van der Waals surface area contributed by atoms with Crippen LogP contribution >= 0.6 is 0 Å². The van der Waals surface area contributed by atoms with Gasteiger partial charge in [0.05, 0.1) is 18.6 Å². The summed E-state index contributed by atoms with van der Waals surface area (Å²) in [6.45, 7) is 0.801. The highest BCUT2D eigenvalue weighted by Gasteiger charge is 2.37. The number of hydrogen-bond donors (Lipinski definition) is 3. The van der Waals surface area contributed by atoms with Crippen molar-refractivity contribution >= 4 is 16.0 Å². The maximum Gasteiger partial charge on any atom is 0.322 e. The van der Waals surface area contributed by atoms with E-state index in [-0.39, 0.29) is 18.4 Å². The highest BCUT2D eigenvalue weighted by molar-refractivity contribution is 7.88. The third kappa shape index (κ3) is 4.56. The van der Waals surface area contributed by atoms with Crippen LogP contribution in [0.5, 0.6) is 0 Å². The van der Waals surface area contributed by atoms with Crippen molar-refractivity contribution in [3.8, 4) is 0 Å². The summed E-state index contributed by atoms with van der Waals surface area (Å²) < 4.78 is 34.8. The number of nitrogens with two attached hydrogens (primary N) is 1. The second-order valence-electron chi connectivity index (χ2n) is 5.41. The first kappa shape index (κ1) is 17.0. The zero-order valence-electron chi connectivity index (χ0n) is 12.4. The molecule has 8 heteroatoms. The maximum atomic E-state index is 11.5. The molecule has 7 nitrogen and oxygen atoms in total. The molecular formula is C14H23N3O4S. The number of allylic oxidation sites excluding steroid dienone is 2. The fourth-order valence-corrected chi connectivity index (χ4v) is 3.57. The molecule has 0 aromatic heterocycles. The number of hydrogen-bond acceptors (Lipinski definition) is 5. The molecule has 0 fully saturated rings. The minimum atomic E-state index is -3.71. The molecule has 2 rings (SSSR count). The second-order valence-corrected chi connectivity index (χ2v) is 6.77. The third-order valence-electron chi connectivity index (χ3n) is 3.65. The lowest BCUT2D eigenvalue weighted by Gasteiger charge is -2.31. The summed E-state index contributed by atoms with van der Waals surface area (Å²) in [5.41, 5.74) is 5.79. The summed E-state index contributed by atoms with van der Waals surface area (Å²) in [6.07, 6.45) is 10.2. The predicted molar refractivity (Wildman–Crippen MR) is 84.3 cm³/mol. The van der Waals surface area contributed by atoms with Crippen LogP contribution in [0.15, 0.2) is 28.4 Å². The first-order valence-corrected chi connectivity index (χ1v) is 8.97. The minimum absolute atomic E-state index is 0.0577. The van der Waals surface area contributed by atoms with E-state index in [1.165, 1.54) is 0 Å². The molecule has 2 unspecified atom stereocenters. The van der Waals surface area contributed by atoms with E-state index in [4.69, 9.17) is 15.6 Å². The van der Waals surface area contributed by atoms with Crippen molar-refractivity contribution in [1.82, 2.24) is 4.72 Å². The van der Waals surface area contributed by atoms with Gasteiger partial charge in [0.1, 0.15) is 11.6 Å². The Morgan fingerprint density at radius 2 is 2.00 bits per heavy atom. The summed E-state index contributed by atoms with van der Waals surface area (Å²) >= 11 is 0. The smallest absolute Gasteiger partial charge is 0.322 e. The average Bonchev–Trinajstić information content (AvgIpc) is 2.44. The minimum Gasteiger partial charge on any atom is -0.497 e. The van der Waals surface area contributed by atoms with Crippen molar-refractivity contribution in [1.29, 1.82) is 0 Å². The number of aliphatic hydroxyl groups is 1. The van der Waals surface area contributed by atoms with Gasteiger partial charge in [-0.25, -0.2) is 0 Å². The Hall–Kier alpha value is -1.38. The van der Waals surface area contributed by atoms with Gasteiger partial charge in [-0.1, -0.05) is 31.4 Å². The largest absolute Gasteiger partial charge is 0.497 e. The van der Waals surface area contributed by atoms with E-state index >= 15 is 0 Å². The van der Waals surface area contributed by atoms with Gasteiger partial charge in [-0.3, -0.25) is 0 Å². The summed E-state index contributed by atoms with van der Waals surface area (Å²) in [5.74, 6) is 0.330. The van der Waals surface area contributed by atoms with E-state index in [0.29, 0.717) is 12.4 Å². The van der Waals surface area contributed by atoms with Crippen molar-refractivity contribution < 1.29 is 18.3 Å². The number of nitrogens with one attached hydrogen (secondary N) is 1. The number of ether oxygens (including phenoxy) is 1. The normalized spacial score (nSPS) is 26.0. The van der Waals surface area contributed by atoms with Gasteiger partial charge < -0.3 is 15.6 Å². The molecule has 0 amide bonds. The zero-order valence-corrected chi connectivity index (χ0v) is 13.3. The Balaban J connectivity index is 1.84. The van der Waals surface area contributed by atoms with Gasteiger partial charge in [-0.05, 0) is 18.9 Å². The van der Waals surface area contributed by atoms with Gasteiger partial charge in [0.2, 0.25) is 0 Å². The predicted octanol–water partition coefficient (Wildman–Crippen LogP) is 0.589. The molecule has 2 atom stereocenters. The summed E-state index contributed by atoms with van der Waals surface area (Å²) in [7, 11) is -3.71. The van der Waals surface area contributed by atoms with Crippen LogP contribution in [0.25, 0.3) is 0 Å². The quantitative estimate of drug-likeness (QED) is 0.564. The maximum absolute atomic E-state index is 11.5. The Morgan fingerprint density at radius 1 is 1.27 bits per heavy atom. The number of aliphatic hydroxyl groups excluding tert-OH is 1. The topological polar surface area (TPSA) is 114 Å². The SMILES string of the molecule is NC1=NS(=O)(=O)NC2C=CC=C(OCCCCCCCO)C12. The van der Waals surface area contributed by atoms with Gasteiger partial charge in [-0.2, -0.15) is 13.1 Å². The molecule has 0 bridgehead atoms. The van der Waals surface area contributed by atoms with Crippen molar-refractivity contribution in [2.45, 2.75) is 38.1 Å². The molecule has 4 N–H and O–H groups in total. The molecule has 1 aliphatic carbocycles. The Morgan fingerprint density at radius 3 is 2.77 bits per heavy atom. The van der Waals surface area contributed by atoms with Crippen LogP contribution in [-0.4, -0.2) is 38.6 Å². The molecule has 0 aromatic rings. The monoisotopic (exact) mass is 329 g/mol. The van der Waals surface area contributed by atoms with Crippen LogP contribution in [0.4, 0.5) is 0 Å². The lowest BCUT2D eigenvalue weighted by molar-refractivity contribution is 0.178. The lowest BCUT2D eigenvalue weighted by atomic mass is 9.92. The molecule has 1 heterocycles. The molecule has 0 spiro atoms. The highest BCUT2D eigenvalue weighted by Crippen LogP contribution is 2.26. The number of unbranched alkanes of at least 4 members (excludes halogenated alkanes) is 4. The van der Waals surface area contributed by atoms with E-state index in [9.17, 15) is 8.42 Å². The number of nitrogens with zero attached hydrogens (tertiary/aromatic N) is 1. The molecule has 0 saturated heterocycles. The van der Waals surface area contributed by atoms with Gasteiger partial charge in [0.25, 0.3) is 0 Å². The van der Waals surface area contributed by atoms with Crippen molar-refractivity contribution in [2.24, 2.45) is 16.0 Å². The van der Waals surface area contributed by atoms with Crippen molar-refractivity contribution in [3.05, 3.63) is 24.0 Å². The summed E-state index contributed by atoms with van der Waals surface area (Å²) in [5, 5.41) is 8.70. The average molecular weight is 329 g/mol. The molecule has 124 valence electrons. The van der Waals surface area contributed by atoms with Crippen LogP contribution in [0, 0.1) is 5.92 Å². The highest BCUT2D eigenvalue weighted by atomic mass is 32.2. The number of fused-ring (bicyclic) bond motifs is 1. The molecule has 0 radical (unpaired) electrons. The van der Waals surface area contributed by atoms with Crippen LogP contribution in [-0.2, 0) is 14.9 Å². The zero-order chi connectivity index (χ0) is 16.0. The Kier molecular flexibility index (Phi) is 5.98. The van der Waals surface area contributed by atoms with Crippen LogP contribution < -0.4 is 10.5 Å². The van der Waals surface area contributed by atoms with Crippen molar-refractivity contribution in [2.75, 3.05) is 13.2 Å². The van der Waals surface area contributed by atoms with Crippen molar-refractivity contribution in [3.63, 3.8) is 0 Å². The first-order valence-electron chi connectivity index (χ1n) is 7.53.